The first-order chi connectivity index (χ1) is 9.70. The lowest BCUT2D eigenvalue weighted by molar-refractivity contribution is 0.0953. The zero-order chi connectivity index (χ0) is 14.4. The molecule has 20 heavy (non-hydrogen) atoms. The van der Waals surface area contributed by atoms with Gasteiger partial charge in [-0.15, -0.1) is 0 Å². The molecule has 6 heteroatoms. The van der Waals surface area contributed by atoms with Crippen LogP contribution in [0, 0.1) is 5.82 Å². The number of hydrogen-bond donors (Lipinski definition) is 2. The van der Waals surface area contributed by atoms with Gasteiger partial charge in [-0.05, 0) is 18.6 Å². The molecule has 1 aromatic carbocycles. The fourth-order valence-corrected chi connectivity index (χ4v) is 1.53. The van der Waals surface area contributed by atoms with Crippen molar-refractivity contribution in [1.29, 1.82) is 0 Å². The fraction of sp³-hybridized carbons (Fsp3) is 0.214. The second-order valence-electron chi connectivity index (χ2n) is 4.16. The summed E-state index contributed by atoms with van der Waals surface area (Å²) in [5.74, 6) is -0.368. The molecular weight excluding hydrogens is 259 g/mol. The number of anilines is 2. The Bertz CT molecular complexity index is 586. The Kier molecular flexibility index (Phi) is 4.60. The lowest BCUT2D eigenvalue weighted by Gasteiger charge is -2.06. The van der Waals surface area contributed by atoms with Crippen molar-refractivity contribution >= 4 is 17.5 Å². The Morgan fingerprint density at radius 3 is 2.60 bits per heavy atom. The van der Waals surface area contributed by atoms with Crippen molar-refractivity contribution in [3.63, 3.8) is 0 Å². The fourth-order valence-electron chi connectivity index (χ4n) is 1.53. The van der Waals surface area contributed by atoms with Crippen molar-refractivity contribution in [3.8, 4) is 0 Å². The van der Waals surface area contributed by atoms with Gasteiger partial charge in [-0.25, -0.2) is 14.4 Å². The summed E-state index contributed by atoms with van der Waals surface area (Å²) < 4.78 is 13.4. The highest BCUT2D eigenvalue weighted by atomic mass is 19.1. The van der Waals surface area contributed by atoms with E-state index >= 15 is 0 Å². The summed E-state index contributed by atoms with van der Waals surface area (Å²) in [7, 11) is 0. The molecule has 0 bridgehead atoms. The molecule has 0 unspecified atom stereocenters. The summed E-state index contributed by atoms with van der Waals surface area (Å²) in [5.41, 5.74) is 0.660. The standard InChI is InChI=1S/C14H15FN4O/c1-2-7-16-13(20)10-8-17-14(18-9-10)19-12-6-4-3-5-11(12)15/h3-6,8-9H,2,7H2,1H3,(H,16,20)(H,17,18,19). The molecule has 104 valence electrons. The van der Waals surface area contributed by atoms with E-state index in [2.05, 4.69) is 20.6 Å². The number of benzene rings is 1. The third kappa shape index (κ3) is 3.50. The van der Waals surface area contributed by atoms with Gasteiger partial charge in [-0.2, -0.15) is 0 Å². The van der Waals surface area contributed by atoms with Crippen LogP contribution in [-0.4, -0.2) is 22.4 Å². The minimum absolute atomic E-state index is 0.218. The summed E-state index contributed by atoms with van der Waals surface area (Å²) in [4.78, 5) is 19.6. The maximum Gasteiger partial charge on any atom is 0.254 e. The van der Waals surface area contributed by atoms with E-state index in [1.54, 1.807) is 18.2 Å². The number of carbonyl (C=O) groups excluding carboxylic acids is 1. The van der Waals surface area contributed by atoms with E-state index in [1.807, 2.05) is 6.92 Å². The van der Waals surface area contributed by atoms with E-state index in [1.165, 1.54) is 18.5 Å². The first-order valence-corrected chi connectivity index (χ1v) is 6.32. The summed E-state index contributed by atoms with van der Waals surface area (Å²) in [6.45, 7) is 2.58. The van der Waals surface area contributed by atoms with Crippen molar-refractivity contribution in [3.05, 3.63) is 48.0 Å². The predicted octanol–water partition coefficient (Wildman–Crippen LogP) is 2.50. The molecule has 2 rings (SSSR count). The number of carbonyl (C=O) groups is 1. The molecule has 0 aliphatic carbocycles. The largest absolute Gasteiger partial charge is 0.352 e. The minimum atomic E-state index is -0.388. The Hall–Kier alpha value is -2.50. The molecule has 5 nitrogen and oxygen atoms in total. The van der Waals surface area contributed by atoms with Crippen molar-refractivity contribution < 1.29 is 9.18 Å². The van der Waals surface area contributed by atoms with Crippen LogP contribution in [0.1, 0.15) is 23.7 Å². The van der Waals surface area contributed by atoms with Crippen LogP contribution in [0.15, 0.2) is 36.7 Å². The van der Waals surface area contributed by atoms with Crippen LogP contribution in [0.2, 0.25) is 0 Å². The Morgan fingerprint density at radius 2 is 1.95 bits per heavy atom. The number of halogens is 1. The van der Waals surface area contributed by atoms with Gasteiger partial charge in [0.1, 0.15) is 5.82 Å². The summed E-state index contributed by atoms with van der Waals surface area (Å²) in [6, 6.07) is 6.23. The van der Waals surface area contributed by atoms with Gasteiger partial charge < -0.3 is 10.6 Å². The molecule has 0 saturated heterocycles. The van der Waals surface area contributed by atoms with Gasteiger partial charge in [0, 0.05) is 18.9 Å². The van der Waals surface area contributed by atoms with Gasteiger partial charge in [0.25, 0.3) is 5.91 Å². The number of rotatable bonds is 5. The number of amides is 1. The highest BCUT2D eigenvalue weighted by molar-refractivity contribution is 5.93. The van der Waals surface area contributed by atoms with Crippen LogP contribution >= 0.6 is 0 Å². The molecule has 0 radical (unpaired) electrons. The van der Waals surface area contributed by atoms with Gasteiger partial charge in [-0.1, -0.05) is 19.1 Å². The van der Waals surface area contributed by atoms with Crippen LogP contribution in [0.5, 0.6) is 0 Å². The van der Waals surface area contributed by atoms with Gasteiger partial charge in [0.15, 0.2) is 0 Å². The van der Waals surface area contributed by atoms with Crippen molar-refractivity contribution in [2.24, 2.45) is 0 Å². The topological polar surface area (TPSA) is 66.9 Å². The maximum absolute atomic E-state index is 13.4. The van der Waals surface area contributed by atoms with Crippen LogP contribution < -0.4 is 10.6 Å². The normalized spacial score (nSPS) is 10.1. The number of para-hydroxylation sites is 1. The second kappa shape index (κ2) is 6.60. The monoisotopic (exact) mass is 274 g/mol. The van der Waals surface area contributed by atoms with Crippen LogP contribution in [0.25, 0.3) is 0 Å². The Morgan fingerprint density at radius 1 is 1.25 bits per heavy atom. The van der Waals surface area contributed by atoms with E-state index in [-0.39, 0.29) is 23.4 Å². The third-order valence-electron chi connectivity index (χ3n) is 2.57. The maximum atomic E-state index is 13.4. The summed E-state index contributed by atoms with van der Waals surface area (Å²) in [6.07, 6.45) is 3.67. The van der Waals surface area contributed by atoms with E-state index in [0.717, 1.165) is 6.42 Å². The molecule has 0 spiro atoms. The van der Waals surface area contributed by atoms with E-state index in [0.29, 0.717) is 12.1 Å². The predicted molar refractivity (Wildman–Crippen MR) is 74.3 cm³/mol. The SMILES string of the molecule is CCCNC(=O)c1cnc(Nc2ccccc2F)nc1. The highest BCUT2D eigenvalue weighted by Crippen LogP contribution is 2.16. The molecule has 0 atom stereocenters. The molecule has 0 fully saturated rings. The molecule has 0 saturated carbocycles. The molecule has 1 heterocycles. The summed E-state index contributed by atoms with van der Waals surface area (Å²) >= 11 is 0. The van der Waals surface area contributed by atoms with Crippen LogP contribution in [0.4, 0.5) is 16.0 Å². The minimum Gasteiger partial charge on any atom is -0.352 e. The Balaban J connectivity index is 2.05. The molecular formula is C14H15FN4O. The zero-order valence-corrected chi connectivity index (χ0v) is 11.1. The van der Waals surface area contributed by atoms with E-state index < -0.39 is 0 Å². The summed E-state index contributed by atoms with van der Waals surface area (Å²) in [5, 5.41) is 5.48. The molecule has 1 amide bonds. The first-order valence-electron chi connectivity index (χ1n) is 6.32. The molecule has 2 aromatic rings. The molecule has 0 aliphatic heterocycles. The van der Waals surface area contributed by atoms with Crippen molar-refractivity contribution in [1.82, 2.24) is 15.3 Å². The lowest BCUT2D eigenvalue weighted by atomic mass is 10.3. The van der Waals surface area contributed by atoms with Crippen molar-refractivity contribution in [2.45, 2.75) is 13.3 Å². The molecule has 2 N–H and O–H groups in total. The number of nitrogens with zero attached hydrogens (tertiary/aromatic N) is 2. The molecule has 1 aromatic heterocycles. The van der Waals surface area contributed by atoms with Crippen molar-refractivity contribution in [2.75, 3.05) is 11.9 Å². The average Bonchev–Trinajstić information content (AvgIpc) is 2.48. The average molecular weight is 274 g/mol. The highest BCUT2D eigenvalue weighted by Gasteiger charge is 2.07. The number of hydrogen-bond acceptors (Lipinski definition) is 4. The van der Waals surface area contributed by atoms with Gasteiger partial charge in [0.2, 0.25) is 5.95 Å². The Labute approximate surface area is 116 Å². The van der Waals surface area contributed by atoms with Gasteiger partial charge >= 0.3 is 0 Å². The number of aromatic nitrogens is 2. The van der Waals surface area contributed by atoms with Gasteiger partial charge in [-0.3, -0.25) is 4.79 Å². The zero-order valence-electron chi connectivity index (χ0n) is 11.1. The third-order valence-corrected chi connectivity index (χ3v) is 2.57. The second-order valence-corrected chi connectivity index (χ2v) is 4.16. The smallest absolute Gasteiger partial charge is 0.254 e. The molecule has 0 aliphatic rings. The first kappa shape index (κ1) is 13.9. The van der Waals surface area contributed by atoms with Gasteiger partial charge in [0.05, 0.1) is 11.3 Å². The van der Waals surface area contributed by atoms with E-state index in [9.17, 15) is 9.18 Å². The lowest BCUT2D eigenvalue weighted by Crippen LogP contribution is -2.24. The van der Waals surface area contributed by atoms with Crippen LogP contribution in [-0.2, 0) is 0 Å². The van der Waals surface area contributed by atoms with E-state index in [4.69, 9.17) is 0 Å². The quantitative estimate of drug-likeness (QED) is 0.879. The number of nitrogens with one attached hydrogen (secondary N) is 2. The van der Waals surface area contributed by atoms with Crippen LogP contribution in [0.3, 0.4) is 0 Å².